The molecule has 2 N–H and O–H groups in total. The molecule has 0 heterocycles. The molecule has 0 rings (SSSR count). The molecule has 0 radical (unpaired) electrons. The smallest absolute Gasteiger partial charge is 0.408 e. The van der Waals surface area contributed by atoms with E-state index in [1.54, 1.807) is 0 Å². The second-order valence-corrected chi connectivity index (χ2v) is 2.10. The van der Waals surface area contributed by atoms with E-state index in [4.69, 9.17) is 10.2 Å². The second-order valence-electron chi connectivity index (χ2n) is 2.10. The molecular formula is C5H10N2O4. The van der Waals surface area contributed by atoms with Crippen LogP contribution in [0, 0.1) is 0 Å². The normalized spacial score (nSPS) is 8.91. The molecule has 11 heavy (non-hydrogen) atoms. The van der Waals surface area contributed by atoms with Gasteiger partial charge in [0.1, 0.15) is 6.67 Å². The fraction of sp³-hybridized carbons (Fsp3) is 0.600. The lowest BCUT2D eigenvalue weighted by Crippen LogP contribution is -2.38. The summed E-state index contributed by atoms with van der Waals surface area (Å²) in [5.41, 5.74) is 0. The van der Waals surface area contributed by atoms with Crippen molar-refractivity contribution in [1.82, 2.24) is 9.80 Å². The summed E-state index contributed by atoms with van der Waals surface area (Å²) in [6.07, 6.45) is -2.31. The van der Waals surface area contributed by atoms with Crippen molar-refractivity contribution in [3.63, 3.8) is 0 Å². The van der Waals surface area contributed by atoms with Crippen molar-refractivity contribution in [3.8, 4) is 0 Å². The Morgan fingerprint density at radius 1 is 1.09 bits per heavy atom. The Morgan fingerprint density at radius 3 is 1.55 bits per heavy atom. The summed E-state index contributed by atoms with van der Waals surface area (Å²) in [6.45, 7) is -0.148. The molecule has 6 nitrogen and oxygen atoms in total. The maximum Gasteiger partial charge on any atom is 0.408 e. The van der Waals surface area contributed by atoms with E-state index in [-0.39, 0.29) is 6.67 Å². The molecule has 0 bridgehead atoms. The van der Waals surface area contributed by atoms with Crippen LogP contribution >= 0.6 is 0 Å². The summed E-state index contributed by atoms with van der Waals surface area (Å²) in [6, 6.07) is 0. The predicted molar refractivity (Wildman–Crippen MR) is 36.4 cm³/mol. The third-order valence-corrected chi connectivity index (χ3v) is 1.08. The van der Waals surface area contributed by atoms with Gasteiger partial charge in [-0.2, -0.15) is 0 Å². The van der Waals surface area contributed by atoms with E-state index in [1.165, 1.54) is 14.1 Å². The molecule has 0 atom stereocenters. The van der Waals surface area contributed by atoms with Crippen LogP contribution < -0.4 is 0 Å². The fourth-order valence-corrected chi connectivity index (χ4v) is 0.439. The van der Waals surface area contributed by atoms with E-state index in [9.17, 15) is 9.59 Å². The molecule has 64 valence electrons. The zero-order valence-electron chi connectivity index (χ0n) is 6.31. The van der Waals surface area contributed by atoms with Gasteiger partial charge in [0.25, 0.3) is 0 Å². The van der Waals surface area contributed by atoms with Gasteiger partial charge in [-0.15, -0.1) is 0 Å². The molecule has 0 aliphatic carbocycles. The maximum absolute atomic E-state index is 10.2. The number of rotatable bonds is 2. The Balaban J connectivity index is 3.84. The van der Waals surface area contributed by atoms with Crippen molar-refractivity contribution in [2.45, 2.75) is 0 Å². The van der Waals surface area contributed by atoms with Gasteiger partial charge in [0.05, 0.1) is 0 Å². The molecule has 0 saturated heterocycles. The first kappa shape index (κ1) is 9.54. The summed E-state index contributed by atoms with van der Waals surface area (Å²) in [5, 5.41) is 16.6. The predicted octanol–water partition coefficient (Wildman–Crippen LogP) is 0.164. The van der Waals surface area contributed by atoms with Gasteiger partial charge in [0.2, 0.25) is 0 Å². The van der Waals surface area contributed by atoms with Crippen LogP contribution in [0.3, 0.4) is 0 Å². The minimum Gasteiger partial charge on any atom is -0.465 e. The van der Waals surface area contributed by atoms with Crippen LogP contribution in [0.25, 0.3) is 0 Å². The highest BCUT2D eigenvalue weighted by atomic mass is 16.4. The molecule has 0 aromatic heterocycles. The van der Waals surface area contributed by atoms with Crippen molar-refractivity contribution in [2.24, 2.45) is 0 Å². The van der Waals surface area contributed by atoms with Crippen LogP contribution in [0.2, 0.25) is 0 Å². The first-order valence-corrected chi connectivity index (χ1v) is 2.83. The highest BCUT2D eigenvalue weighted by Gasteiger charge is 2.11. The molecule has 0 saturated carbocycles. The number of carboxylic acid groups (broad SMARTS) is 2. The minimum absolute atomic E-state index is 0.148. The fourth-order valence-electron chi connectivity index (χ4n) is 0.439. The molecule has 6 heteroatoms. The number of hydrogen-bond acceptors (Lipinski definition) is 2. The van der Waals surface area contributed by atoms with Gasteiger partial charge in [-0.1, -0.05) is 0 Å². The summed E-state index contributed by atoms with van der Waals surface area (Å²) in [4.78, 5) is 22.1. The average molecular weight is 162 g/mol. The zero-order chi connectivity index (χ0) is 9.02. The number of carbonyl (C=O) groups is 2. The van der Waals surface area contributed by atoms with Crippen molar-refractivity contribution in [2.75, 3.05) is 20.8 Å². The van der Waals surface area contributed by atoms with Gasteiger partial charge in [-0.25, -0.2) is 9.59 Å². The third-order valence-electron chi connectivity index (χ3n) is 1.08. The van der Waals surface area contributed by atoms with Crippen molar-refractivity contribution < 1.29 is 19.8 Å². The molecule has 2 amide bonds. The summed E-state index contributed by atoms with van der Waals surface area (Å²) < 4.78 is 0. The van der Waals surface area contributed by atoms with E-state index in [1.807, 2.05) is 0 Å². The Hall–Kier alpha value is -1.46. The summed E-state index contributed by atoms with van der Waals surface area (Å²) >= 11 is 0. The van der Waals surface area contributed by atoms with E-state index >= 15 is 0 Å². The Labute approximate surface area is 63.6 Å². The van der Waals surface area contributed by atoms with Crippen LogP contribution in [0.1, 0.15) is 0 Å². The molecule has 0 fully saturated rings. The SMILES string of the molecule is CN(CN(C)C(=O)O)C(=O)O. The van der Waals surface area contributed by atoms with Gasteiger partial charge in [-0.05, 0) is 0 Å². The number of nitrogens with zero attached hydrogens (tertiary/aromatic N) is 2. The first-order valence-electron chi connectivity index (χ1n) is 2.83. The van der Waals surface area contributed by atoms with Crippen LogP contribution in [0.15, 0.2) is 0 Å². The Kier molecular flexibility index (Phi) is 3.16. The average Bonchev–Trinajstić information content (AvgIpc) is 1.87. The molecule has 0 aliphatic rings. The molecule has 0 aromatic rings. The van der Waals surface area contributed by atoms with Crippen molar-refractivity contribution in [1.29, 1.82) is 0 Å². The second kappa shape index (κ2) is 3.65. The standard InChI is InChI=1S/C5H10N2O4/c1-6(4(8)9)3-7(2)5(10)11/h3H2,1-2H3,(H,8,9)(H,10,11). The number of hydrogen-bond donors (Lipinski definition) is 2. The first-order chi connectivity index (χ1) is 4.95. The summed E-state index contributed by atoms with van der Waals surface area (Å²) in [5.74, 6) is 0. The van der Waals surface area contributed by atoms with Gasteiger partial charge >= 0.3 is 12.2 Å². The van der Waals surface area contributed by atoms with Crippen molar-refractivity contribution in [3.05, 3.63) is 0 Å². The van der Waals surface area contributed by atoms with Crippen molar-refractivity contribution >= 4 is 12.2 Å². The van der Waals surface area contributed by atoms with Crippen LogP contribution in [0.4, 0.5) is 9.59 Å². The molecule has 0 unspecified atom stereocenters. The van der Waals surface area contributed by atoms with Gasteiger partial charge in [0, 0.05) is 14.1 Å². The molecule has 0 aliphatic heterocycles. The molecule has 0 aromatic carbocycles. The topological polar surface area (TPSA) is 81.1 Å². The molecular weight excluding hydrogens is 152 g/mol. The minimum atomic E-state index is -1.15. The summed E-state index contributed by atoms with van der Waals surface area (Å²) in [7, 11) is 2.59. The van der Waals surface area contributed by atoms with E-state index in [0.717, 1.165) is 9.80 Å². The molecule has 0 spiro atoms. The van der Waals surface area contributed by atoms with Gasteiger partial charge in [-0.3, -0.25) is 9.80 Å². The lowest BCUT2D eigenvalue weighted by molar-refractivity contribution is 0.113. The van der Waals surface area contributed by atoms with Crippen LogP contribution in [-0.2, 0) is 0 Å². The number of amides is 2. The lowest BCUT2D eigenvalue weighted by Gasteiger charge is -2.19. The zero-order valence-corrected chi connectivity index (χ0v) is 6.31. The Morgan fingerprint density at radius 2 is 1.36 bits per heavy atom. The maximum atomic E-state index is 10.2. The van der Waals surface area contributed by atoms with E-state index < -0.39 is 12.2 Å². The van der Waals surface area contributed by atoms with E-state index in [2.05, 4.69) is 0 Å². The quantitative estimate of drug-likeness (QED) is 0.567. The lowest BCUT2D eigenvalue weighted by atomic mass is 10.7. The largest absolute Gasteiger partial charge is 0.465 e. The van der Waals surface area contributed by atoms with Gasteiger partial charge in [0.15, 0.2) is 0 Å². The van der Waals surface area contributed by atoms with Crippen LogP contribution in [0.5, 0.6) is 0 Å². The Bertz CT molecular complexity index is 152. The highest BCUT2D eigenvalue weighted by molar-refractivity contribution is 5.67. The monoisotopic (exact) mass is 162 g/mol. The van der Waals surface area contributed by atoms with E-state index in [0.29, 0.717) is 0 Å². The van der Waals surface area contributed by atoms with Crippen LogP contribution in [-0.4, -0.2) is 53.0 Å². The third kappa shape index (κ3) is 3.29. The van der Waals surface area contributed by atoms with Gasteiger partial charge < -0.3 is 10.2 Å². The highest BCUT2D eigenvalue weighted by Crippen LogP contribution is 1.88.